The van der Waals surface area contributed by atoms with Gasteiger partial charge >= 0.3 is 5.97 Å². The summed E-state index contributed by atoms with van der Waals surface area (Å²) in [4.78, 5) is 10.3. The molecule has 0 saturated carbocycles. The molecule has 0 aromatic heterocycles. The van der Waals surface area contributed by atoms with Crippen LogP contribution in [0.2, 0.25) is 0 Å². The Labute approximate surface area is 99.0 Å². The zero-order chi connectivity index (χ0) is 12.9. The van der Waals surface area contributed by atoms with Crippen molar-refractivity contribution in [1.29, 1.82) is 0 Å². The molecule has 1 aromatic carbocycles. The van der Waals surface area contributed by atoms with E-state index in [0.717, 1.165) is 5.56 Å². The molecule has 0 spiro atoms. The standard InChI is InChI=1S/C10H13NO5S/c12-6-5-8-1-3-9(4-2-8)11-17(15,16)7-10(13)14/h1-4,11-12H,5-7H2,(H,13,14). The van der Waals surface area contributed by atoms with Gasteiger partial charge in [0.1, 0.15) is 0 Å². The van der Waals surface area contributed by atoms with E-state index in [1.807, 2.05) is 0 Å². The molecule has 0 heterocycles. The predicted molar refractivity (Wildman–Crippen MR) is 62.3 cm³/mol. The molecule has 0 aliphatic heterocycles. The average molecular weight is 259 g/mol. The number of aliphatic carboxylic acids is 1. The molecule has 0 aliphatic carbocycles. The second kappa shape index (κ2) is 5.65. The van der Waals surface area contributed by atoms with E-state index in [9.17, 15) is 13.2 Å². The van der Waals surface area contributed by atoms with E-state index >= 15 is 0 Å². The second-order valence-corrected chi connectivity index (χ2v) is 5.15. The summed E-state index contributed by atoms with van der Waals surface area (Å²) in [7, 11) is -3.86. The second-order valence-electron chi connectivity index (χ2n) is 3.43. The van der Waals surface area contributed by atoms with Crippen molar-refractivity contribution in [2.45, 2.75) is 6.42 Å². The summed E-state index contributed by atoms with van der Waals surface area (Å²) in [5, 5.41) is 17.1. The van der Waals surface area contributed by atoms with Crippen LogP contribution in [0, 0.1) is 0 Å². The molecule has 3 N–H and O–H groups in total. The first-order valence-electron chi connectivity index (χ1n) is 4.85. The normalized spacial score (nSPS) is 11.1. The van der Waals surface area contributed by atoms with Gasteiger partial charge in [-0.15, -0.1) is 0 Å². The minimum Gasteiger partial charge on any atom is -0.480 e. The summed E-state index contributed by atoms with van der Waals surface area (Å²) in [6, 6.07) is 6.36. The molecule has 6 nitrogen and oxygen atoms in total. The van der Waals surface area contributed by atoms with Crippen LogP contribution in [0.25, 0.3) is 0 Å². The highest BCUT2D eigenvalue weighted by Gasteiger charge is 2.15. The van der Waals surface area contributed by atoms with Gasteiger partial charge in [-0.05, 0) is 24.1 Å². The first-order valence-corrected chi connectivity index (χ1v) is 6.50. The molecule has 7 heteroatoms. The van der Waals surface area contributed by atoms with Gasteiger partial charge in [0.15, 0.2) is 5.75 Å². The number of rotatable bonds is 6. The number of carboxylic acid groups (broad SMARTS) is 1. The molecule has 0 aliphatic rings. The van der Waals surface area contributed by atoms with E-state index in [4.69, 9.17) is 10.2 Å². The van der Waals surface area contributed by atoms with E-state index in [1.54, 1.807) is 12.1 Å². The number of hydrogen-bond donors (Lipinski definition) is 3. The number of nitrogens with one attached hydrogen (secondary N) is 1. The Kier molecular flexibility index (Phi) is 4.47. The van der Waals surface area contributed by atoms with Crippen molar-refractivity contribution in [2.75, 3.05) is 17.1 Å². The van der Waals surface area contributed by atoms with Gasteiger partial charge in [0.2, 0.25) is 10.0 Å². The van der Waals surface area contributed by atoms with E-state index in [0.29, 0.717) is 12.1 Å². The van der Waals surface area contributed by atoms with Crippen LogP contribution in [-0.2, 0) is 21.2 Å². The molecular weight excluding hydrogens is 246 g/mol. The van der Waals surface area contributed by atoms with Crippen LogP contribution in [0.5, 0.6) is 0 Å². The van der Waals surface area contributed by atoms with Crippen LogP contribution >= 0.6 is 0 Å². The van der Waals surface area contributed by atoms with Gasteiger partial charge in [-0.25, -0.2) is 8.42 Å². The van der Waals surface area contributed by atoms with Gasteiger partial charge in [-0.1, -0.05) is 12.1 Å². The largest absolute Gasteiger partial charge is 0.480 e. The minimum atomic E-state index is -3.86. The molecule has 0 bridgehead atoms. The lowest BCUT2D eigenvalue weighted by atomic mass is 10.1. The SMILES string of the molecule is O=C(O)CS(=O)(=O)Nc1ccc(CCO)cc1. The van der Waals surface area contributed by atoms with Crippen molar-refractivity contribution in [3.8, 4) is 0 Å². The van der Waals surface area contributed by atoms with E-state index in [-0.39, 0.29) is 6.61 Å². The maximum atomic E-state index is 11.3. The predicted octanol–water partition coefficient (Wildman–Crippen LogP) is 0.0477. The van der Waals surface area contributed by atoms with Crippen LogP contribution in [0.3, 0.4) is 0 Å². The number of carbonyl (C=O) groups is 1. The molecule has 1 aromatic rings. The monoisotopic (exact) mass is 259 g/mol. The Morgan fingerprint density at radius 1 is 1.24 bits per heavy atom. The van der Waals surface area contributed by atoms with Crippen LogP contribution in [0.15, 0.2) is 24.3 Å². The number of aliphatic hydroxyl groups excluding tert-OH is 1. The fraction of sp³-hybridized carbons (Fsp3) is 0.300. The van der Waals surface area contributed by atoms with E-state index < -0.39 is 21.7 Å². The van der Waals surface area contributed by atoms with Crippen LogP contribution in [-0.4, -0.2) is 37.0 Å². The smallest absolute Gasteiger partial charge is 0.320 e. The van der Waals surface area contributed by atoms with Crippen molar-refractivity contribution < 1.29 is 23.4 Å². The summed E-state index contributed by atoms with van der Waals surface area (Å²) < 4.78 is 24.7. The Hall–Kier alpha value is -1.60. The van der Waals surface area contributed by atoms with Crippen molar-refractivity contribution in [1.82, 2.24) is 0 Å². The fourth-order valence-electron chi connectivity index (χ4n) is 1.25. The lowest BCUT2D eigenvalue weighted by Gasteiger charge is -2.06. The number of benzene rings is 1. The fourth-order valence-corrected chi connectivity index (χ4v) is 2.14. The van der Waals surface area contributed by atoms with Gasteiger partial charge in [-0.3, -0.25) is 9.52 Å². The van der Waals surface area contributed by atoms with E-state index in [1.165, 1.54) is 12.1 Å². The topological polar surface area (TPSA) is 104 Å². The molecule has 17 heavy (non-hydrogen) atoms. The highest BCUT2D eigenvalue weighted by atomic mass is 32.2. The maximum absolute atomic E-state index is 11.3. The van der Waals surface area contributed by atoms with Crippen molar-refractivity contribution in [3.05, 3.63) is 29.8 Å². The Morgan fingerprint density at radius 2 is 1.82 bits per heavy atom. The minimum absolute atomic E-state index is 0.0179. The number of hydrogen-bond acceptors (Lipinski definition) is 4. The molecular formula is C10H13NO5S. The van der Waals surface area contributed by atoms with Gasteiger partial charge in [0.05, 0.1) is 0 Å². The number of anilines is 1. The molecule has 1 rings (SSSR count). The summed E-state index contributed by atoms with van der Waals surface area (Å²) >= 11 is 0. The van der Waals surface area contributed by atoms with Crippen LogP contribution in [0.4, 0.5) is 5.69 Å². The summed E-state index contributed by atoms with van der Waals surface area (Å²) in [5.41, 5.74) is 1.17. The average Bonchev–Trinajstić information content (AvgIpc) is 2.18. The first-order chi connectivity index (χ1) is 7.93. The third-order valence-electron chi connectivity index (χ3n) is 1.94. The summed E-state index contributed by atoms with van der Waals surface area (Å²) in [5.74, 6) is -2.37. The zero-order valence-electron chi connectivity index (χ0n) is 8.96. The van der Waals surface area contributed by atoms with Gasteiger partial charge in [0, 0.05) is 12.3 Å². The van der Waals surface area contributed by atoms with Gasteiger partial charge in [-0.2, -0.15) is 0 Å². The van der Waals surface area contributed by atoms with Gasteiger partial charge < -0.3 is 10.2 Å². The van der Waals surface area contributed by atoms with E-state index in [2.05, 4.69) is 4.72 Å². The molecule has 0 radical (unpaired) electrons. The summed E-state index contributed by atoms with van der Waals surface area (Å²) in [6.45, 7) is 0.0179. The lowest BCUT2D eigenvalue weighted by molar-refractivity contribution is -0.134. The molecule has 0 saturated heterocycles. The van der Waals surface area contributed by atoms with Crippen LogP contribution in [0.1, 0.15) is 5.56 Å². The Bertz CT molecular complexity index is 480. The van der Waals surface area contributed by atoms with Crippen molar-refractivity contribution in [3.63, 3.8) is 0 Å². The first kappa shape index (κ1) is 13.5. The molecule has 94 valence electrons. The molecule has 0 unspecified atom stereocenters. The number of aliphatic hydroxyl groups is 1. The molecule has 0 amide bonds. The number of carboxylic acids is 1. The lowest BCUT2D eigenvalue weighted by Crippen LogP contribution is -2.22. The highest BCUT2D eigenvalue weighted by molar-refractivity contribution is 7.93. The van der Waals surface area contributed by atoms with Crippen molar-refractivity contribution >= 4 is 21.7 Å². The molecule has 0 atom stereocenters. The van der Waals surface area contributed by atoms with Gasteiger partial charge in [0.25, 0.3) is 0 Å². The third-order valence-corrected chi connectivity index (χ3v) is 3.11. The highest BCUT2D eigenvalue weighted by Crippen LogP contribution is 2.11. The third kappa shape index (κ3) is 4.83. The molecule has 0 fully saturated rings. The zero-order valence-corrected chi connectivity index (χ0v) is 9.77. The quantitative estimate of drug-likeness (QED) is 0.669. The summed E-state index contributed by atoms with van der Waals surface area (Å²) in [6.07, 6.45) is 0.488. The van der Waals surface area contributed by atoms with Crippen LogP contribution < -0.4 is 4.72 Å². The Morgan fingerprint density at radius 3 is 2.29 bits per heavy atom. The maximum Gasteiger partial charge on any atom is 0.320 e. The number of sulfonamides is 1. The van der Waals surface area contributed by atoms with Crippen molar-refractivity contribution in [2.24, 2.45) is 0 Å². The Balaban J connectivity index is 2.72.